The minimum Gasteiger partial charge on any atom is -0.465 e. The number of nitrogens with one attached hydrogen (secondary N) is 1. The molecule has 1 aliphatic rings. The Bertz CT molecular complexity index is 1060. The second kappa shape index (κ2) is 8.58. The second-order valence-corrected chi connectivity index (χ2v) is 7.39. The molecule has 0 saturated carbocycles. The van der Waals surface area contributed by atoms with Crippen LogP contribution in [-0.2, 0) is 4.79 Å². The molecule has 4 rings (SSSR count). The maximum atomic E-state index is 12.3. The van der Waals surface area contributed by atoms with Crippen LogP contribution in [0.5, 0.6) is 0 Å². The quantitative estimate of drug-likeness (QED) is 0.646. The van der Waals surface area contributed by atoms with Gasteiger partial charge in [0.2, 0.25) is 5.91 Å². The van der Waals surface area contributed by atoms with E-state index in [4.69, 9.17) is 21.8 Å². The van der Waals surface area contributed by atoms with E-state index in [2.05, 4.69) is 15.2 Å². The first-order valence-electron chi connectivity index (χ1n) is 9.61. The lowest BCUT2D eigenvalue weighted by molar-refractivity contribution is -0.131. The van der Waals surface area contributed by atoms with E-state index < -0.39 is 6.09 Å². The fourth-order valence-electron chi connectivity index (χ4n) is 3.56. The number of fused-ring (bicyclic) bond motifs is 1. The van der Waals surface area contributed by atoms with E-state index in [9.17, 15) is 9.59 Å². The third-order valence-electron chi connectivity index (χ3n) is 5.08. The van der Waals surface area contributed by atoms with Crippen molar-refractivity contribution in [2.24, 2.45) is 0 Å². The van der Waals surface area contributed by atoms with Gasteiger partial charge in [-0.15, -0.1) is 5.10 Å². The van der Waals surface area contributed by atoms with Crippen molar-refractivity contribution in [2.75, 3.05) is 37.6 Å². The van der Waals surface area contributed by atoms with Crippen LogP contribution in [0.4, 0.5) is 10.6 Å². The van der Waals surface area contributed by atoms with Gasteiger partial charge >= 0.3 is 6.09 Å². The van der Waals surface area contributed by atoms with Crippen molar-refractivity contribution in [3.63, 3.8) is 0 Å². The summed E-state index contributed by atoms with van der Waals surface area (Å²) < 4.78 is 1.85. The van der Waals surface area contributed by atoms with Gasteiger partial charge in [0, 0.05) is 55.8 Å². The van der Waals surface area contributed by atoms with Crippen molar-refractivity contribution in [3.8, 4) is 5.69 Å². The molecular formula is C20H21ClN6O3. The zero-order chi connectivity index (χ0) is 21.1. The van der Waals surface area contributed by atoms with Crippen molar-refractivity contribution >= 4 is 40.3 Å². The van der Waals surface area contributed by atoms with E-state index >= 15 is 0 Å². The number of hydrogen-bond acceptors (Lipinski definition) is 5. The SMILES string of the molecule is O=C(O)NCCC(=O)N1CCN(c2nn(-c3ccc(Cl)cc3)c3cnccc23)CC1. The Balaban J connectivity index is 1.50. The highest BCUT2D eigenvalue weighted by molar-refractivity contribution is 6.30. The Hall–Kier alpha value is -3.33. The van der Waals surface area contributed by atoms with E-state index in [0.717, 1.165) is 22.4 Å². The first-order chi connectivity index (χ1) is 14.5. The van der Waals surface area contributed by atoms with Crippen LogP contribution >= 0.6 is 11.6 Å². The molecule has 1 aromatic carbocycles. The molecule has 30 heavy (non-hydrogen) atoms. The predicted molar refractivity (Wildman–Crippen MR) is 113 cm³/mol. The lowest BCUT2D eigenvalue weighted by atomic mass is 10.2. The van der Waals surface area contributed by atoms with Gasteiger partial charge in [-0.25, -0.2) is 9.48 Å². The Morgan fingerprint density at radius 2 is 1.83 bits per heavy atom. The summed E-state index contributed by atoms with van der Waals surface area (Å²) in [6.45, 7) is 2.54. The highest BCUT2D eigenvalue weighted by Crippen LogP contribution is 2.29. The number of rotatable bonds is 5. The van der Waals surface area contributed by atoms with Gasteiger partial charge in [0.05, 0.1) is 17.4 Å². The summed E-state index contributed by atoms with van der Waals surface area (Å²) >= 11 is 6.02. The number of carbonyl (C=O) groups excluding carboxylic acids is 1. The molecule has 0 unspecified atom stereocenters. The fraction of sp³-hybridized carbons (Fsp3) is 0.300. The summed E-state index contributed by atoms with van der Waals surface area (Å²) in [6, 6.07) is 9.41. The molecular weight excluding hydrogens is 408 g/mol. The molecule has 2 N–H and O–H groups in total. The minimum absolute atomic E-state index is 0.0517. The number of benzene rings is 1. The van der Waals surface area contributed by atoms with Crippen LogP contribution in [0.15, 0.2) is 42.7 Å². The topological polar surface area (TPSA) is 104 Å². The molecule has 0 radical (unpaired) electrons. The lowest BCUT2D eigenvalue weighted by Gasteiger charge is -2.35. The highest BCUT2D eigenvalue weighted by Gasteiger charge is 2.24. The number of pyridine rings is 1. The van der Waals surface area contributed by atoms with E-state index in [1.165, 1.54) is 0 Å². The van der Waals surface area contributed by atoms with E-state index in [-0.39, 0.29) is 18.9 Å². The molecule has 0 atom stereocenters. The number of carbonyl (C=O) groups is 2. The molecule has 0 spiro atoms. The molecule has 0 aliphatic carbocycles. The number of aromatic nitrogens is 3. The number of nitrogens with zero attached hydrogens (tertiary/aromatic N) is 5. The summed E-state index contributed by atoms with van der Waals surface area (Å²) in [5, 5.41) is 17.3. The Morgan fingerprint density at radius 1 is 1.10 bits per heavy atom. The molecule has 0 bridgehead atoms. The molecule has 1 saturated heterocycles. The number of halogens is 1. The van der Waals surface area contributed by atoms with Gasteiger partial charge in [0.15, 0.2) is 5.82 Å². The highest BCUT2D eigenvalue weighted by atomic mass is 35.5. The zero-order valence-electron chi connectivity index (χ0n) is 16.2. The smallest absolute Gasteiger partial charge is 0.404 e. The molecule has 2 aromatic heterocycles. The molecule has 1 aliphatic heterocycles. The standard InChI is InChI=1S/C20H21ClN6O3/c21-14-1-3-15(4-2-14)27-17-13-22-7-5-16(17)19(24-27)26-11-9-25(10-12-26)18(28)6-8-23-20(29)30/h1-5,7,13,23H,6,8-12H2,(H,29,30). The first kappa shape index (κ1) is 20.0. The van der Waals surface area contributed by atoms with Crippen molar-refractivity contribution in [1.82, 2.24) is 25.0 Å². The van der Waals surface area contributed by atoms with Gasteiger partial charge < -0.3 is 20.2 Å². The Labute approximate surface area is 177 Å². The van der Waals surface area contributed by atoms with Crippen molar-refractivity contribution < 1.29 is 14.7 Å². The van der Waals surface area contributed by atoms with E-state index in [1.54, 1.807) is 17.3 Å². The molecule has 10 heteroatoms. The van der Waals surface area contributed by atoms with Crippen LogP contribution in [0.3, 0.4) is 0 Å². The molecule has 2 amide bonds. The number of piperazine rings is 1. The molecule has 3 aromatic rings. The lowest BCUT2D eigenvalue weighted by Crippen LogP contribution is -2.49. The van der Waals surface area contributed by atoms with Gasteiger partial charge in [-0.2, -0.15) is 0 Å². The van der Waals surface area contributed by atoms with Crippen LogP contribution < -0.4 is 10.2 Å². The van der Waals surface area contributed by atoms with Crippen LogP contribution in [0.1, 0.15) is 6.42 Å². The van der Waals surface area contributed by atoms with E-state index in [1.807, 2.05) is 35.0 Å². The summed E-state index contributed by atoms with van der Waals surface area (Å²) in [7, 11) is 0. The maximum Gasteiger partial charge on any atom is 0.404 e. The number of amides is 2. The molecule has 1 fully saturated rings. The molecule has 156 valence electrons. The first-order valence-corrected chi connectivity index (χ1v) is 9.99. The maximum absolute atomic E-state index is 12.3. The van der Waals surface area contributed by atoms with Gasteiger partial charge in [-0.3, -0.25) is 9.78 Å². The summed E-state index contributed by atoms with van der Waals surface area (Å²) in [6.07, 6.45) is 2.57. The van der Waals surface area contributed by atoms with Gasteiger partial charge in [0.25, 0.3) is 0 Å². The van der Waals surface area contributed by atoms with Gasteiger partial charge in [-0.05, 0) is 30.3 Å². The largest absolute Gasteiger partial charge is 0.465 e. The second-order valence-electron chi connectivity index (χ2n) is 6.95. The van der Waals surface area contributed by atoms with Gasteiger partial charge in [-0.1, -0.05) is 11.6 Å². The monoisotopic (exact) mass is 428 g/mol. The van der Waals surface area contributed by atoms with Crippen molar-refractivity contribution in [1.29, 1.82) is 0 Å². The normalized spacial score (nSPS) is 14.2. The van der Waals surface area contributed by atoms with Crippen LogP contribution in [0.25, 0.3) is 16.6 Å². The number of hydrogen-bond donors (Lipinski definition) is 2. The van der Waals surface area contributed by atoms with Crippen LogP contribution in [0, 0.1) is 0 Å². The third kappa shape index (κ3) is 4.16. The summed E-state index contributed by atoms with van der Waals surface area (Å²) in [5.74, 6) is 0.797. The van der Waals surface area contributed by atoms with Crippen molar-refractivity contribution in [2.45, 2.75) is 6.42 Å². The van der Waals surface area contributed by atoms with Gasteiger partial charge in [0.1, 0.15) is 0 Å². The number of carboxylic acid groups (broad SMARTS) is 1. The fourth-order valence-corrected chi connectivity index (χ4v) is 3.69. The molecule has 3 heterocycles. The number of anilines is 1. The Kier molecular flexibility index (Phi) is 5.71. The average molecular weight is 429 g/mol. The predicted octanol–water partition coefficient (Wildman–Crippen LogP) is 2.38. The van der Waals surface area contributed by atoms with Crippen LogP contribution in [-0.4, -0.2) is 69.5 Å². The summed E-state index contributed by atoms with van der Waals surface area (Å²) in [5.41, 5.74) is 1.79. The third-order valence-corrected chi connectivity index (χ3v) is 5.33. The van der Waals surface area contributed by atoms with E-state index in [0.29, 0.717) is 31.2 Å². The Morgan fingerprint density at radius 3 is 2.53 bits per heavy atom. The summed E-state index contributed by atoms with van der Waals surface area (Å²) in [4.78, 5) is 31.0. The van der Waals surface area contributed by atoms with Crippen LogP contribution in [0.2, 0.25) is 5.02 Å². The average Bonchev–Trinajstić information content (AvgIpc) is 3.14. The molecule has 9 nitrogen and oxygen atoms in total. The van der Waals surface area contributed by atoms with Crippen molar-refractivity contribution in [3.05, 3.63) is 47.7 Å². The minimum atomic E-state index is -1.12. The zero-order valence-corrected chi connectivity index (χ0v) is 16.9.